The third-order valence-electron chi connectivity index (χ3n) is 4.99. The number of piperidine rings is 1. The number of hydrogen-bond acceptors (Lipinski definition) is 2. The Morgan fingerprint density at radius 3 is 2.52 bits per heavy atom. The summed E-state index contributed by atoms with van der Waals surface area (Å²) < 4.78 is 15.7. The molecule has 27 heavy (non-hydrogen) atoms. The Kier molecular flexibility index (Phi) is 4.62. The van der Waals surface area contributed by atoms with Crippen molar-refractivity contribution < 1.29 is 14.0 Å². The van der Waals surface area contributed by atoms with Crippen LogP contribution in [-0.2, 0) is 0 Å². The molecule has 3 heterocycles. The van der Waals surface area contributed by atoms with Crippen LogP contribution in [0.2, 0.25) is 0 Å². The summed E-state index contributed by atoms with van der Waals surface area (Å²) in [6.07, 6.45) is 5.01. The van der Waals surface area contributed by atoms with Crippen molar-refractivity contribution >= 4 is 17.3 Å². The SMILES string of the molecule is O=C(NC1CCN(C(=O)c2ccccc2F)CC1)c1cc2ccccn2c1. The predicted octanol–water partition coefficient (Wildman–Crippen LogP) is 3.11. The Labute approximate surface area is 156 Å². The molecule has 1 saturated heterocycles. The lowest BCUT2D eigenvalue weighted by molar-refractivity contribution is 0.0693. The van der Waals surface area contributed by atoms with E-state index in [0.29, 0.717) is 31.5 Å². The van der Waals surface area contributed by atoms with E-state index in [1.807, 2.05) is 41.1 Å². The van der Waals surface area contributed by atoms with E-state index in [-0.39, 0.29) is 23.4 Å². The van der Waals surface area contributed by atoms with Crippen LogP contribution in [0.3, 0.4) is 0 Å². The molecule has 0 radical (unpaired) electrons. The van der Waals surface area contributed by atoms with Crippen molar-refractivity contribution in [2.45, 2.75) is 18.9 Å². The van der Waals surface area contributed by atoms with Crippen molar-refractivity contribution in [3.8, 4) is 0 Å². The van der Waals surface area contributed by atoms with Crippen molar-refractivity contribution in [3.05, 3.63) is 77.9 Å². The summed E-state index contributed by atoms with van der Waals surface area (Å²) in [5.41, 5.74) is 1.68. The topological polar surface area (TPSA) is 53.8 Å². The van der Waals surface area contributed by atoms with Crippen LogP contribution in [0.15, 0.2) is 60.9 Å². The summed E-state index contributed by atoms with van der Waals surface area (Å²) in [4.78, 5) is 26.6. The predicted molar refractivity (Wildman–Crippen MR) is 100 cm³/mol. The second kappa shape index (κ2) is 7.23. The van der Waals surface area contributed by atoms with Gasteiger partial charge >= 0.3 is 0 Å². The second-order valence-electron chi connectivity index (χ2n) is 6.78. The monoisotopic (exact) mass is 365 g/mol. The minimum atomic E-state index is -0.501. The van der Waals surface area contributed by atoms with Crippen LogP contribution >= 0.6 is 0 Å². The first-order chi connectivity index (χ1) is 13.1. The second-order valence-corrected chi connectivity index (χ2v) is 6.78. The molecule has 2 amide bonds. The molecule has 0 aliphatic carbocycles. The van der Waals surface area contributed by atoms with Gasteiger partial charge in [0.2, 0.25) is 0 Å². The van der Waals surface area contributed by atoms with Gasteiger partial charge in [0.1, 0.15) is 5.82 Å². The van der Waals surface area contributed by atoms with Crippen LogP contribution in [0.1, 0.15) is 33.6 Å². The van der Waals surface area contributed by atoms with Gasteiger partial charge in [-0.05, 0) is 43.2 Å². The van der Waals surface area contributed by atoms with Gasteiger partial charge in [-0.1, -0.05) is 18.2 Å². The maximum absolute atomic E-state index is 13.8. The molecule has 0 atom stereocenters. The van der Waals surface area contributed by atoms with Gasteiger partial charge in [0.15, 0.2) is 0 Å². The van der Waals surface area contributed by atoms with Gasteiger partial charge in [-0.25, -0.2) is 4.39 Å². The lowest BCUT2D eigenvalue weighted by Gasteiger charge is -2.32. The Balaban J connectivity index is 1.36. The number of hydrogen-bond donors (Lipinski definition) is 1. The minimum Gasteiger partial charge on any atom is -0.349 e. The third kappa shape index (κ3) is 3.56. The molecule has 0 saturated carbocycles. The zero-order chi connectivity index (χ0) is 18.8. The maximum Gasteiger partial charge on any atom is 0.256 e. The highest BCUT2D eigenvalue weighted by Crippen LogP contribution is 2.17. The lowest BCUT2D eigenvalue weighted by Crippen LogP contribution is -2.46. The first-order valence-electron chi connectivity index (χ1n) is 9.03. The smallest absolute Gasteiger partial charge is 0.256 e. The van der Waals surface area contributed by atoms with Crippen LogP contribution in [0.25, 0.3) is 5.52 Å². The zero-order valence-electron chi connectivity index (χ0n) is 14.8. The normalized spacial score (nSPS) is 15.1. The van der Waals surface area contributed by atoms with Gasteiger partial charge in [-0.3, -0.25) is 9.59 Å². The summed E-state index contributed by atoms with van der Waals surface area (Å²) in [6.45, 7) is 0.992. The summed E-state index contributed by atoms with van der Waals surface area (Å²) >= 11 is 0. The fourth-order valence-electron chi connectivity index (χ4n) is 3.48. The first-order valence-corrected chi connectivity index (χ1v) is 9.03. The Morgan fingerprint density at radius 2 is 1.78 bits per heavy atom. The molecule has 0 bridgehead atoms. The molecule has 0 spiro atoms. The molecule has 2 aromatic heterocycles. The number of carbonyl (C=O) groups excluding carboxylic acids is 2. The lowest BCUT2D eigenvalue weighted by atomic mass is 10.0. The van der Waals surface area contributed by atoms with Crippen molar-refractivity contribution in [3.63, 3.8) is 0 Å². The summed E-state index contributed by atoms with van der Waals surface area (Å²) in [7, 11) is 0. The number of nitrogens with one attached hydrogen (secondary N) is 1. The molecule has 0 unspecified atom stereocenters. The van der Waals surface area contributed by atoms with E-state index in [2.05, 4.69) is 5.32 Å². The summed E-state index contributed by atoms with van der Waals surface area (Å²) in [6, 6.07) is 13.7. The van der Waals surface area contributed by atoms with Gasteiger partial charge in [0, 0.05) is 37.0 Å². The quantitative estimate of drug-likeness (QED) is 0.775. The molecule has 3 aromatic rings. The highest BCUT2D eigenvalue weighted by molar-refractivity contribution is 5.96. The van der Waals surface area contributed by atoms with Crippen LogP contribution in [-0.4, -0.2) is 40.2 Å². The van der Waals surface area contributed by atoms with Gasteiger partial charge in [-0.2, -0.15) is 0 Å². The fraction of sp³-hybridized carbons (Fsp3) is 0.238. The van der Waals surface area contributed by atoms with Crippen LogP contribution in [0, 0.1) is 5.82 Å². The number of fused-ring (bicyclic) bond motifs is 1. The fourth-order valence-corrected chi connectivity index (χ4v) is 3.48. The highest BCUT2D eigenvalue weighted by Gasteiger charge is 2.26. The number of amides is 2. The minimum absolute atomic E-state index is 0.00480. The summed E-state index contributed by atoms with van der Waals surface area (Å²) in [5, 5.41) is 3.04. The molecule has 1 fully saturated rings. The first kappa shape index (κ1) is 17.3. The van der Waals surface area contributed by atoms with Crippen LogP contribution < -0.4 is 5.32 Å². The van der Waals surface area contributed by atoms with Crippen LogP contribution in [0.4, 0.5) is 4.39 Å². The molecular weight excluding hydrogens is 345 g/mol. The van der Waals surface area contributed by atoms with E-state index in [4.69, 9.17) is 0 Å². The molecule has 1 aliphatic heterocycles. The average Bonchev–Trinajstić information content (AvgIpc) is 3.13. The Morgan fingerprint density at radius 1 is 1.04 bits per heavy atom. The van der Waals surface area contributed by atoms with Gasteiger partial charge < -0.3 is 14.6 Å². The van der Waals surface area contributed by atoms with Crippen molar-refractivity contribution in [2.24, 2.45) is 0 Å². The molecule has 1 aromatic carbocycles. The Bertz CT molecular complexity index is 957. The molecule has 6 heteroatoms. The number of rotatable bonds is 3. The number of carbonyl (C=O) groups is 2. The van der Waals surface area contributed by atoms with Gasteiger partial charge in [0.05, 0.1) is 11.1 Å². The number of aromatic nitrogens is 1. The van der Waals surface area contributed by atoms with Crippen molar-refractivity contribution in [1.82, 2.24) is 14.6 Å². The van der Waals surface area contributed by atoms with Gasteiger partial charge in [0.25, 0.3) is 11.8 Å². The largest absolute Gasteiger partial charge is 0.349 e. The van der Waals surface area contributed by atoms with Crippen molar-refractivity contribution in [2.75, 3.05) is 13.1 Å². The Hall–Kier alpha value is -3.15. The summed E-state index contributed by atoms with van der Waals surface area (Å²) in [5.74, 6) is -0.909. The van der Waals surface area contributed by atoms with E-state index in [0.717, 1.165) is 5.52 Å². The van der Waals surface area contributed by atoms with E-state index in [1.165, 1.54) is 12.1 Å². The standard InChI is InChI=1S/C21H20FN3O2/c22-19-7-2-1-6-18(19)21(27)24-11-8-16(9-12-24)23-20(26)15-13-17-5-3-4-10-25(17)14-15/h1-7,10,13-14,16H,8-9,11-12H2,(H,23,26). The maximum atomic E-state index is 13.8. The average molecular weight is 365 g/mol. The number of likely N-dealkylation sites (tertiary alicyclic amines) is 1. The van der Waals surface area contributed by atoms with Crippen LogP contribution in [0.5, 0.6) is 0 Å². The number of halogens is 1. The van der Waals surface area contributed by atoms with Gasteiger partial charge in [-0.15, -0.1) is 0 Å². The number of benzene rings is 1. The highest BCUT2D eigenvalue weighted by atomic mass is 19.1. The third-order valence-corrected chi connectivity index (χ3v) is 4.99. The zero-order valence-corrected chi connectivity index (χ0v) is 14.8. The van der Waals surface area contributed by atoms with Crippen molar-refractivity contribution in [1.29, 1.82) is 0 Å². The van der Waals surface area contributed by atoms with E-state index >= 15 is 0 Å². The number of pyridine rings is 1. The van der Waals surface area contributed by atoms with E-state index in [1.54, 1.807) is 17.0 Å². The molecule has 5 nitrogen and oxygen atoms in total. The van der Waals surface area contributed by atoms with E-state index in [9.17, 15) is 14.0 Å². The molecule has 138 valence electrons. The molecular formula is C21H20FN3O2. The molecule has 1 aliphatic rings. The molecule has 4 rings (SSSR count). The van der Waals surface area contributed by atoms with E-state index < -0.39 is 5.82 Å². The number of nitrogens with zero attached hydrogens (tertiary/aromatic N) is 2. The molecule has 1 N–H and O–H groups in total.